The number of halogens is 2. The second kappa shape index (κ2) is 9.02. The molecule has 25 heavy (non-hydrogen) atoms. The topological polar surface area (TPSA) is 49.4 Å². The first kappa shape index (κ1) is 19.5. The number of amides is 2. The molecule has 2 aromatic carbocycles. The van der Waals surface area contributed by atoms with Gasteiger partial charge in [0.1, 0.15) is 6.04 Å². The molecule has 2 aromatic rings. The summed E-state index contributed by atoms with van der Waals surface area (Å²) in [6.45, 7) is 2.07. The van der Waals surface area contributed by atoms with Crippen molar-refractivity contribution in [2.75, 3.05) is 7.05 Å². The first-order valence-electron chi connectivity index (χ1n) is 7.91. The summed E-state index contributed by atoms with van der Waals surface area (Å²) in [7, 11) is 1.56. The molecule has 0 saturated carbocycles. The Morgan fingerprint density at radius 1 is 1.20 bits per heavy atom. The van der Waals surface area contributed by atoms with Gasteiger partial charge in [-0.25, -0.2) is 0 Å². The fourth-order valence-corrected chi connectivity index (χ4v) is 3.18. The van der Waals surface area contributed by atoms with E-state index in [1.807, 2.05) is 42.5 Å². The van der Waals surface area contributed by atoms with Crippen LogP contribution in [0.25, 0.3) is 0 Å². The molecule has 0 fully saturated rings. The molecule has 0 aliphatic heterocycles. The van der Waals surface area contributed by atoms with Crippen LogP contribution in [0, 0.1) is 0 Å². The van der Waals surface area contributed by atoms with E-state index >= 15 is 0 Å². The molecule has 4 nitrogen and oxygen atoms in total. The number of hydrogen-bond acceptors (Lipinski definition) is 2. The van der Waals surface area contributed by atoms with Gasteiger partial charge in [-0.3, -0.25) is 9.59 Å². The number of likely N-dealkylation sites (N-methyl/N-ethyl adjacent to an activating group) is 1. The van der Waals surface area contributed by atoms with Crippen molar-refractivity contribution in [3.8, 4) is 0 Å². The van der Waals surface area contributed by atoms with E-state index in [9.17, 15) is 9.59 Å². The third-order valence-corrected chi connectivity index (χ3v) is 4.82. The van der Waals surface area contributed by atoms with Crippen molar-refractivity contribution < 1.29 is 9.59 Å². The zero-order valence-electron chi connectivity index (χ0n) is 14.1. The van der Waals surface area contributed by atoms with Gasteiger partial charge in [-0.2, -0.15) is 0 Å². The van der Waals surface area contributed by atoms with E-state index in [-0.39, 0.29) is 18.2 Å². The van der Waals surface area contributed by atoms with Crippen molar-refractivity contribution in [1.82, 2.24) is 10.2 Å². The van der Waals surface area contributed by atoms with E-state index in [2.05, 4.69) is 21.2 Å². The molecule has 1 N–H and O–H groups in total. The molecule has 0 bridgehead atoms. The summed E-state index contributed by atoms with van der Waals surface area (Å²) in [6.07, 6.45) is 0.148. The quantitative estimate of drug-likeness (QED) is 0.768. The Kier molecular flexibility index (Phi) is 7.02. The summed E-state index contributed by atoms with van der Waals surface area (Å²) >= 11 is 9.60. The lowest BCUT2D eigenvalue weighted by Crippen LogP contribution is -2.47. The summed E-state index contributed by atoms with van der Waals surface area (Å²) in [6, 6.07) is 14.3. The molecule has 0 aliphatic carbocycles. The second-order valence-corrected chi connectivity index (χ2v) is 7.03. The van der Waals surface area contributed by atoms with Crippen LogP contribution in [0.1, 0.15) is 18.1 Å². The maximum atomic E-state index is 12.9. The first-order valence-corrected chi connectivity index (χ1v) is 9.08. The van der Waals surface area contributed by atoms with Crippen LogP contribution < -0.4 is 5.32 Å². The number of rotatable bonds is 6. The van der Waals surface area contributed by atoms with Crippen molar-refractivity contribution in [1.29, 1.82) is 0 Å². The molecular formula is C19H20BrClN2O2. The van der Waals surface area contributed by atoms with Crippen LogP contribution in [-0.2, 0) is 22.6 Å². The number of carbonyl (C=O) groups is 2. The maximum absolute atomic E-state index is 12.9. The van der Waals surface area contributed by atoms with Crippen LogP contribution in [-0.4, -0.2) is 29.8 Å². The first-order chi connectivity index (χ1) is 11.9. The molecule has 0 spiro atoms. The molecule has 132 valence electrons. The van der Waals surface area contributed by atoms with Gasteiger partial charge in [0.15, 0.2) is 0 Å². The summed E-state index contributed by atoms with van der Waals surface area (Å²) < 4.78 is 0.927. The number of hydrogen-bond donors (Lipinski definition) is 1. The predicted octanol–water partition coefficient (Wildman–Crippen LogP) is 3.81. The van der Waals surface area contributed by atoms with Gasteiger partial charge < -0.3 is 10.2 Å². The normalized spacial score (nSPS) is 11.7. The molecular weight excluding hydrogens is 404 g/mol. The van der Waals surface area contributed by atoms with Crippen LogP contribution in [0.4, 0.5) is 0 Å². The average molecular weight is 424 g/mol. The molecule has 6 heteroatoms. The number of benzene rings is 2. The lowest BCUT2D eigenvalue weighted by molar-refractivity contribution is -0.139. The number of nitrogens with zero attached hydrogens (tertiary/aromatic N) is 1. The third kappa shape index (κ3) is 5.31. The summed E-state index contributed by atoms with van der Waals surface area (Å²) in [5, 5.41) is 3.15. The van der Waals surface area contributed by atoms with E-state index in [1.54, 1.807) is 24.9 Å². The highest BCUT2D eigenvalue weighted by atomic mass is 79.9. The molecule has 0 unspecified atom stereocenters. The Labute approximate surface area is 161 Å². The molecule has 0 aromatic heterocycles. The van der Waals surface area contributed by atoms with Crippen molar-refractivity contribution in [3.63, 3.8) is 0 Å². The number of nitrogens with one attached hydrogen (secondary N) is 1. The molecule has 2 amide bonds. The fourth-order valence-electron chi connectivity index (χ4n) is 2.53. The van der Waals surface area contributed by atoms with Crippen molar-refractivity contribution in [3.05, 3.63) is 69.2 Å². The fraction of sp³-hybridized carbons (Fsp3) is 0.263. The summed E-state index contributed by atoms with van der Waals surface area (Å²) in [4.78, 5) is 26.6. The zero-order chi connectivity index (χ0) is 18.4. The van der Waals surface area contributed by atoms with Gasteiger partial charge in [0.2, 0.25) is 11.8 Å². The van der Waals surface area contributed by atoms with E-state index in [4.69, 9.17) is 11.6 Å². The van der Waals surface area contributed by atoms with E-state index in [0.29, 0.717) is 11.6 Å². The molecule has 0 aliphatic rings. The minimum absolute atomic E-state index is 0.148. The number of carbonyl (C=O) groups excluding carboxylic acids is 2. The van der Waals surface area contributed by atoms with Gasteiger partial charge in [-0.1, -0.05) is 57.9 Å². The van der Waals surface area contributed by atoms with Crippen LogP contribution in [0.3, 0.4) is 0 Å². The lowest BCUT2D eigenvalue weighted by Gasteiger charge is -2.28. The van der Waals surface area contributed by atoms with Crippen LogP contribution in [0.2, 0.25) is 5.02 Å². The molecule has 1 atom stereocenters. The smallest absolute Gasteiger partial charge is 0.242 e. The Morgan fingerprint density at radius 3 is 2.56 bits per heavy atom. The largest absolute Gasteiger partial charge is 0.357 e. The van der Waals surface area contributed by atoms with Gasteiger partial charge in [0, 0.05) is 23.1 Å². The van der Waals surface area contributed by atoms with Crippen LogP contribution >= 0.6 is 27.5 Å². The Morgan fingerprint density at radius 2 is 1.92 bits per heavy atom. The molecule has 0 radical (unpaired) electrons. The minimum atomic E-state index is -0.584. The van der Waals surface area contributed by atoms with Crippen molar-refractivity contribution >= 4 is 39.3 Å². The van der Waals surface area contributed by atoms with Crippen molar-refractivity contribution in [2.24, 2.45) is 0 Å². The van der Waals surface area contributed by atoms with Gasteiger partial charge in [0.05, 0.1) is 6.42 Å². The van der Waals surface area contributed by atoms with Crippen LogP contribution in [0.15, 0.2) is 53.0 Å². The third-order valence-electron chi connectivity index (χ3n) is 3.96. The van der Waals surface area contributed by atoms with Gasteiger partial charge >= 0.3 is 0 Å². The molecule has 2 rings (SSSR count). The standard InChI is InChI=1S/C19H20BrClN2O2/c1-13(19(25)22-2)23(12-14-6-5-8-16(20)10-14)18(24)11-15-7-3-4-9-17(15)21/h3-10,13H,11-12H2,1-2H3,(H,22,25)/t13-/m0/s1. The Balaban J connectivity index is 2.25. The zero-order valence-corrected chi connectivity index (χ0v) is 16.5. The Bertz CT molecular complexity index is 767. The second-order valence-electron chi connectivity index (χ2n) is 5.71. The predicted molar refractivity (Wildman–Crippen MR) is 103 cm³/mol. The summed E-state index contributed by atoms with van der Waals surface area (Å²) in [5.74, 6) is -0.355. The summed E-state index contributed by atoms with van der Waals surface area (Å²) in [5.41, 5.74) is 1.69. The average Bonchev–Trinajstić information content (AvgIpc) is 2.60. The van der Waals surface area contributed by atoms with E-state index in [0.717, 1.165) is 15.6 Å². The monoisotopic (exact) mass is 422 g/mol. The van der Waals surface area contributed by atoms with Gasteiger partial charge in [-0.15, -0.1) is 0 Å². The van der Waals surface area contributed by atoms with Gasteiger partial charge in [-0.05, 0) is 36.2 Å². The lowest BCUT2D eigenvalue weighted by atomic mass is 10.1. The van der Waals surface area contributed by atoms with Gasteiger partial charge in [0.25, 0.3) is 0 Å². The van der Waals surface area contributed by atoms with E-state index < -0.39 is 6.04 Å². The van der Waals surface area contributed by atoms with E-state index in [1.165, 1.54) is 0 Å². The minimum Gasteiger partial charge on any atom is -0.357 e. The van der Waals surface area contributed by atoms with Crippen molar-refractivity contribution in [2.45, 2.75) is 25.9 Å². The molecule has 0 saturated heterocycles. The molecule has 0 heterocycles. The SMILES string of the molecule is CNC(=O)[C@H](C)N(Cc1cccc(Br)c1)C(=O)Cc1ccccc1Cl. The highest BCUT2D eigenvalue weighted by Crippen LogP contribution is 2.19. The van der Waals surface area contributed by atoms with Crippen LogP contribution in [0.5, 0.6) is 0 Å². The highest BCUT2D eigenvalue weighted by Gasteiger charge is 2.25. The highest BCUT2D eigenvalue weighted by molar-refractivity contribution is 9.10. The maximum Gasteiger partial charge on any atom is 0.242 e. The Hall–Kier alpha value is -1.85.